The lowest BCUT2D eigenvalue weighted by molar-refractivity contribution is -0.119. The zero-order chi connectivity index (χ0) is 18.5. The Labute approximate surface area is 150 Å². The van der Waals surface area contributed by atoms with Gasteiger partial charge in [0.15, 0.2) is 0 Å². The maximum Gasteiger partial charge on any atom is 0.275 e. The summed E-state index contributed by atoms with van der Waals surface area (Å²) in [6.45, 7) is 0.108. The Morgan fingerprint density at radius 2 is 1.81 bits per heavy atom. The molecule has 0 radical (unpaired) electrons. The quantitative estimate of drug-likeness (QED) is 0.465. The number of carbonyl (C=O) groups excluding carboxylic acids is 2. The topological polar surface area (TPSA) is 94.8 Å². The van der Waals surface area contributed by atoms with Crippen molar-refractivity contribution in [2.24, 2.45) is 0 Å². The maximum absolute atomic E-state index is 12.8. The molecule has 0 aliphatic heterocycles. The third-order valence-electron chi connectivity index (χ3n) is 4.16. The molecule has 0 spiro atoms. The third kappa shape index (κ3) is 3.44. The van der Waals surface area contributed by atoms with Crippen LogP contribution in [0, 0.1) is 0 Å². The van der Waals surface area contributed by atoms with Crippen molar-refractivity contribution in [3.63, 3.8) is 0 Å². The van der Waals surface area contributed by atoms with E-state index in [1.807, 2.05) is 30.3 Å². The Balaban J connectivity index is 1.90. The standard InChI is InChI=1S/C19H19N3O4/c23-12-11-22(14-5-2-1-3-6-14)18(24)13-21-10-9-15-16(19(25)20-26)7-4-8-17(15)21/h1-10,23,26H,11-13H2,(H,20,25). The summed E-state index contributed by atoms with van der Waals surface area (Å²) in [7, 11) is 0. The number of carbonyl (C=O) groups is 2. The van der Waals surface area contributed by atoms with Gasteiger partial charge in [-0.3, -0.25) is 14.8 Å². The highest BCUT2D eigenvalue weighted by molar-refractivity contribution is 6.06. The number of amides is 2. The van der Waals surface area contributed by atoms with E-state index in [0.29, 0.717) is 22.2 Å². The van der Waals surface area contributed by atoms with Gasteiger partial charge in [0.2, 0.25) is 5.91 Å². The molecule has 2 aromatic carbocycles. The predicted octanol–water partition coefficient (Wildman–Crippen LogP) is 1.79. The number of hydroxylamine groups is 1. The van der Waals surface area contributed by atoms with Gasteiger partial charge in [-0.05, 0) is 30.3 Å². The maximum atomic E-state index is 12.8. The van der Waals surface area contributed by atoms with Crippen molar-refractivity contribution in [3.8, 4) is 0 Å². The minimum absolute atomic E-state index is 0.0581. The molecule has 2 amide bonds. The number of para-hydroxylation sites is 1. The second-order valence-corrected chi connectivity index (χ2v) is 5.73. The highest BCUT2D eigenvalue weighted by atomic mass is 16.5. The van der Waals surface area contributed by atoms with Crippen molar-refractivity contribution >= 4 is 28.4 Å². The first-order valence-corrected chi connectivity index (χ1v) is 8.14. The van der Waals surface area contributed by atoms with Gasteiger partial charge in [-0.1, -0.05) is 24.3 Å². The van der Waals surface area contributed by atoms with Gasteiger partial charge in [-0.15, -0.1) is 0 Å². The fourth-order valence-electron chi connectivity index (χ4n) is 2.96. The van der Waals surface area contributed by atoms with Gasteiger partial charge in [-0.2, -0.15) is 0 Å². The number of aromatic nitrogens is 1. The van der Waals surface area contributed by atoms with E-state index in [9.17, 15) is 14.7 Å². The monoisotopic (exact) mass is 353 g/mol. The second kappa shape index (κ2) is 7.81. The van der Waals surface area contributed by atoms with Gasteiger partial charge in [0, 0.05) is 29.3 Å². The van der Waals surface area contributed by atoms with Crippen molar-refractivity contribution in [3.05, 3.63) is 66.4 Å². The predicted molar refractivity (Wildman–Crippen MR) is 97.1 cm³/mol. The molecule has 3 aromatic rings. The van der Waals surface area contributed by atoms with Gasteiger partial charge in [0.05, 0.1) is 12.2 Å². The highest BCUT2D eigenvalue weighted by Crippen LogP contribution is 2.21. The smallest absolute Gasteiger partial charge is 0.275 e. The van der Waals surface area contributed by atoms with E-state index in [-0.39, 0.29) is 25.6 Å². The average molecular weight is 353 g/mol. The van der Waals surface area contributed by atoms with E-state index in [4.69, 9.17) is 5.21 Å². The summed E-state index contributed by atoms with van der Waals surface area (Å²) < 4.78 is 1.74. The van der Waals surface area contributed by atoms with Gasteiger partial charge >= 0.3 is 0 Å². The van der Waals surface area contributed by atoms with Gasteiger partial charge in [0.25, 0.3) is 5.91 Å². The zero-order valence-corrected chi connectivity index (χ0v) is 14.0. The Hall–Kier alpha value is -3.16. The fourth-order valence-corrected chi connectivity index (χ4v) is 2.96. The summed E-state index contributed by atoms with van der Waals surface area (Å²) in [4.78, 5) is 26.1. The summed E-state index contributed by atoms with van der Waals surface area (Å²) in [6, 6.07) is 16.0. The van der Waals surface area contributed by atoms with E-state index in [0.717, 1.165) is 0 Å². The molecular formula is C19H19N3O4. The average Bonchev–Trinajstić information content (AvgIpc) is 3.09. The van der Waals surface area contributed by atoms with Crippen LogP contribution < -0.4 is 10.4 Å². The molecule has 0 saturated heterocycles. The SMILES string of the molecule is O=C(NO)c1cccc2c1ccn2CC(=O)N(CCO)c1ccccc1. The number of fused-ring (bicyclic) bond motifs is 1. The number of rotatable bonds is 6. The molecule has 0 aliphatic carbocycles. The zero-order valence-electron chi connectivity index (χ0n) is 14.0. The van der Waals surface area contributed by atoms with Gasteiger partial charge in [0.1, 0.15) is 6.54 Å². The molecule has 3 N–H and O–H groups in total. The largest absolute Gasteiger partial charge is 0.395 e. The molecule has 3 rings (SSSR count). The molecule has 134 valence electrons. The van der Waals surface area contributed by atoms with Crippen LogP contribution in [-0.4, -0.2) is 39.8 Å². The molecule has 7 heteroatoms. The molecule has 0 bridgehead atoms. The number of nitrogens with one attached hydrogen (secondary N) is 1. The number of anilines is 1. The minimum atomic E-state index is -0.606. The Morgan fingerprint density at radius 3 is 2.50 bits per heavy atom. The number of benzene rings is 2. The number of hydrogen-bond acceptors (Lipinski definition) is 4. The normalized spacial score (nSPS) is 10.7. The molecule has 1 heterocycles. The van der Waals surface area contributed by atoms with Crippen LogP contribution in [-0.2, 0) is 11.3 Å². The van der Waals surface area contributed by atoms with Crippen molar-refractivity contribution < 1.29 is 19.9 Å². The summed E-state index contributed by atoms with van der Waals surface area (Å²) in [6.07, 6.45) is 1.72. The van der Waals surface area contributed by atoms with Crippen molar-refractivity contribution in [2.45, 2.75) is 6.54 Å². The van der Waals surface area contributed by atoms with E-state index in [1.54, 1.807) is 40.5 Å². The summed E-state index contributed by atoms with van der Waals surface area (Å²) in [5.41, 5.74) is 3.37. The van der Waals surface area contributed by atoms with Crippen LogP contribution in [0.1, 0.15) is 10.4 Å². The van der Waals surface area contributed by atoms with Gasteiger partial charge in [-0.25, -0.2) is 5.48 Å². The summed E-state index contributed by atoms with van der Waals surface area (Å²) >= 11 is 0. The molecule has 0 aliphatic rings. The highest BCUT2D eigenvalue weighted by Gasteiger charge is 2.17. The number of nitrogens with zero attached hydrogens (tertiary/aromatic N) is 2. The van der Waals surface area contributed by atoms with E-state index in [2.05, 4.69) is 0 Å². The number of aliphatic hydroxyl groups is 1. The van der Waals surface area contributed by atoms with E-state index in [1.165, 1.54) is 4.90 Å². The molecule has 0 saturated carbocycles. The van der Waals surface area contributed by atoms with Crippen molar-refractivity contribution in [2.75, 3.05) is 18.1 Å². The van der Waals surface area contributed by atoms with Crippen LogP contribution in [0.3, 0.4) is 0 Å². The second-order valence-electron chi connectivity index (χ2n) is 5.73. The van der Waals surface area contributed by atoms with E-state index < -0.39 is 5.91 Å². The molecule has 26 heavy (non-hydrogen) atoms. The number of hydrogen-bond donors (Lipinski definition) is 3. The molecule has 0 unspecified atom stereocenters. The van der Waals surface area contributed by atoms with Crippen molar-refractivity contribution in [1.29, 1.82) is 0 Å². The minimum Gasteiger partial charge on any atom is -0.395 e. The van der Waals surface area contributed by atoms with E-state index >= 15 is 0 Å². The lowest BCUT2D eigenvalue weighted by Gasteiger charge is -2.22. The van der Waals surface area contributed by atoms with Crippen LogP contribution in [0.5, 0.6) is 0 Å². The third-order valence-corrected chi connectivity index (χ3v) is 4.16. The molecule has 1 aromatic heterocycles. The number of aliphatic hydroxyl groups excluding tert-OH is 1. The van der Waals surface area contributed by atoms with Crippen LogP contribution in [0.4, 0.5) is 5.69 Å². The Morgan fingerprint density at radius 1 is 1.04 bits per heavy atom. The van der Waals surface area contributed by atoms with Gasteiger partial charge < -0.3 is 14.6 Å². The lowest BCUT2D eigenvalue weighted by Crippen LogP contribution is -2.36. The summed E-state index contributed by atoms with van der Waals surface area (Å²) in [5, 5.41) is 18.8. The molecule has 7 nitrogen and oxygen atoms in total. The molecule has 0 fully saturated rings. The first-order chi connectivity index (χ1) is 12.7. The summed E-state index contributed by atoms with van der Waals surface area (Å²) in [5.74, 6) is -0.786. The fraction of sp³-hybridized carbons (Fsp3) is 0.158. The van der Waals surface area contributed by atoms with Crippen LogP contribution >= 0.6 is 0 Å². The van der Waals surface area contributed by atoms with Crippen molar-refractivity contribution in [1.82, 2.24) is 10.0 Å². The van der Waals surface area contributed by atoms with Crippen LogP contribution in [0.25, 0.3) is 10.9 Å². The first kappa shape index (κ1) is 17.7. The molecular weight excluding hydrogens is 334 g/mol. The lowest BCUT2D eigenvalue weighted by atomic mass is 10.1. The molecule has 0 atom stereocenters. The Kier molecular flexibility index (Phi) is 5.31. The van der Waals surface area contributed by atoms with Crippen LogP contribution in [0.2, 0.25) is 0 Å². The Bertz CT molecular complexity index is 921. The first-order valence-electron chi connectivity index (χ1n) is 8.14. The van der Waals surface area contributed by atoms with Crippen LogP contribution in [0.15, 0.2) is 60.8 Å².